The fourth-order valence-electron chi connectivity index (χ4n) is 2.49. The summed E-state index contributed by atoms with van der Waals surface area (Å²) in [5, 5.41) is 3.50. The van der Waals surface area contributed by atoms with E-state index in [0.717, 1.165) is 30.7 Å². The monoisotopic (exact) mass is 326 g/mol. The van der Waals surface area contributed by atoms with Crippen LogP contribution >= 0.6 is 0 Å². The molecule has 0 atom stereocenters. The normalized spacial score (nSPS) is 11.5. The Hall–Kier alpha value is -2.00. The van der Waals surface area contributed by atoms with E-state index in [1.54, 1.807) is 0 Å². The highest BCUT2D eigenvalue weighted by atomic mass is 16.5. The SMILES string of the molecule is Cc1ccc(COc2ccc(CCCNC(C)(C)C)cc2N)cc1. The number of hydrogen-bond donors (Lipinski definition) is 2. The lowest BCUT2D eigenvalue weighted by Crippen LogP contribution is -2.36. The van der Waals surface area contributed by atoms with E-state index in [4.69, 9.17) is 10.5 Å². The van der Waals surface area contributed by atoms with Crippen molar-refractivity contribution in [1.29, 1.82) is 0 Å². The van der Waals surface area contributed by atoms with Crippen molar-refractivity contribution in [3.8, 4) is 5.75 Å². The number of nitrogens with one attached hydrogen (secondary N) is 1. The van der Waals surface area contributed by atoms with Crippen molar-refractivity contribution in [2.45, 2.75) is 52.7 Å². The Balaban J connectivity index is 1.84. The zero-order chi connectivity index (χ0) is 17.6. The van der Waals surface area contributed by atoms with E-state index >= 15 is 0 Å². The Morgan fingerprint density at radius 2 is 1.67 bits per heavy atom. The highest BCUT2D eigenvalue weighted by Gasteiger charge is 2.08. The minimum Gasteiger partial charge on any atom is -0.487 e. The molecular weight excluding hydrogens is 296 g/mol. The second-order valence-electron chi connectivity index (χ2n) is 7.43. The molecule has 0 aromatic heterocycles. The van der Waals surface area contributed by atoms with E-state index < -0.39 is 0 Å². The fraction of sp³-hybridized carbons (Fsp3) is 0.429. The van der Waals surface area contributed by atoms with Crippen molar-refractivity contribution in [2.75, 3.05) is 12.3 Å². The largest absolute Gasteiger partial charge is 0.487 e. The molecule has 0 saturated carbocycles. The molecule has 0 amide bonds. The first-order valence-electron chi connectivity index (χ1n) is 8.65. The Labute approximate surface area is 146 Å². The van der Waals surface area contributed by atoms with Gasteiger partial charge in [-0.25, -0.2) is 0 Å². The second-order valence-corrected chi connectivity index (χ2v) is 7.43. The van der Waals surface area contributed by atoms with Gasteiger partial charge >= 0.3 is 0 Å². The van der Waals surface area contributed by atoms with Crippen LogP contribution in [0, 0.1) is 6.92 Å². The smallest absolute Gasteiger partial charge is 0.142 e. The number of ether oxygens (including phenoxy) is 1. The van der Waals surface area contributed by atoms with E-state index in [-0.39, 0.29) is 5.54 Å². The van der Waals surface area contributed by atoms with Crippen LogP contribution in [0.15, 0.2) is 42.5 Å². The minimum absolute atomic E-state index is 0.173. The summed E-state index contributed by atoms with van der Waals surface area (Å²) in [5.41, 5.74) is 10.7. The molecule has 24 heavy (non-hydrogen) atoms. The van der Waals surface area contributed by atoms with Gasteiger partial charge in [-0.1, -0.05) is 35.9 Å². The Morgan fingerprint density at radius 1 is 1.00 bits per heavy atom. The van der Waals surface area contributed by atoms with Crippen molar-refractivity contribution in [3.05, 3.63) is 59.2 Å². The van der Waals surface area contributed by atoms with Crippen LogP contribution < -0.4 is 15.8 Å². The van der Waals surface area contributed by atoms with Gasteiger partial charge in [0.2, 0.25) is 0 Å². The maximum atomic E-state index is 6.14. The average molecular weight is 326 g/mol. The lowest BCUT2D eigenvalue weighted by Gasteiger charge is -2.20. The quantitative estimate of drug-likeness (QED) is 0.582. The van der Waals surface area contributed by atoms with Gasteiger partial charge in [0, 0.05) is 5.54 Å². The Bertz CT molecular complexity index is 642. The molecule has 0 radical (unpaired) electrons. The van der Waals surface area contributed by atoms with Crippen LogP contribution in [-0.2, 0) is 13.0 Å². The van der Waals surface area contributed by atoms with Crippen LogP contribution in [0.4, 0.5) is 5.69 Å². The molecule has 3 N–H and O–H groups in total. The van der Waals surface area contributed by atoms with Crippen LogP contribution in [0.3, 0.4) is 0 Å². The van der Waals surface area contributed by atoms with E-state index in [9.17, 15) is 0 Å². The lowest BCUT2D eigenvalue weighted by molar-refractivity contribution is 0.308. The number of anilines is 1. The van der Waals surface area contributed by atoms with Gasteiger partial charge in [-0.2, -0.15) is 0 Å². The number of rotatable bonds is 7. The topological polar surface area (TPSA) is 47.3 Å². The number of aryl methyl sites for hydroxylation is 2. The van der Waals surface area contributed by atoms with Crippen LogP contribution in [0.1, 0.15) is 43.9 Å². The van der Waals surface area contributed by atoms with Crippen molar-refractivity contribution in [3.63, 3.8) is 0 Å². The van der Waals surface area contributed by atoms with Gasteiger partial charge in [0.15, 0.2) is 0 Å². The molecule has 0 unspecified atom stereocenters. The average Bonchev–Trinajstić information content (AvgIpc) is 2.51. The van der Waals surface area contributed by atoms with E-state index in [1.807, 2.05) is 12.1 Å². The first kappa shape index (κ1) is 18.3. The number of nitrogens with two attached hydrogens (primary N) is 1. The summed E-state index contributed by atoms with van der Waals surface area (Å²) in [6.45, 7) is 10.2. The third kappa shape index (κ3) is 6.25. The molecule has 0 bridgehead atoms. The third-order valence-electron chi connectivity index (χ3n) is 3.89. The van der Waals surface area contributed by atoms with Gasteiger partial charge in [0.1, 0.15) is 12.4 Å². The maximum absolute atomic E-state index is 6.14. The van der Waals surface area contributed by atoms with Crippen molar-refractivity contribution >= 4 is 5.69 Å². The van der Waals surface area contributed by atoms with E-state index in [0.29, 0.717) is 12.3 Å². The van der Waals surface area contributed by atoms with Crippen molar-refractivity contribution in [2.24, 2.45) is 0 Å². The minimum atomic E-state index is 0.173. The zero-order valence-corrected chi connectivity index (χ0v) is 15.4. The first-order chi connectivity index (χ1) is 11.3. The molecule has 0 aliphatic rings. The van der Waals surface area contributed by atoms with Crippen LogP contribution in [0.25, 0.3) is 0 Å². The number of nitrogen functional groups attached to an aromatic ring is 1. The van der Waals surface area contributed by atoms with Gasteiger partial charge in [0.05, 0.1) is 5.69 Å². The van der Waals surface area contributed by atoms with Gasteiger partial charge in [-0.05, 0) is 70.3 Å². The molecule has 2 aromatic rings. The molecule has 0 spiro atoms. The Kier molecular flexibility index (Phi) is 6.27. The standard InChI is InChI=1S/C21H30N2O/c1-16-7-9-18(10-8-16)15-24-20-12-11-17(14-19(20)22)6-5-13-23-21(2,3)4/h7-12,14,23H,5-6,13,15,22H2,1-4H3. The summed E-state index contributed by atoms with van der Waals surface area (Å²) in [6.07, 6.45) is 2.12. The summed E-state index contributed by atoms with van der Waals surface area (Å²) in [4.78, 5) is 0. The van der Waals surface area contributed by atoms with Crippen molar-refractivity contribution in [1.82, 2.24) is 5.32 Å². The van der Waals surface area contributed by atoms with Gasteiger partial charge in [0.25, 0.3) is 0 Å². The van der Waals surface area contributed by atoms with Crippen LogP contribution in [-0.4, -0.2) is 12.1 Å². The van der Waals surface area contributed by atoms with Crippen LogP contribution in [0.2, 0.25) is 0 Å². The van der Waals surface area contributed by atoms with Crippen LogP contribution in [0.5, 0.6) is 5.75 Å². The predicted octanol–water partition coefficient (Wildman–Crippen LogP) is 4.48. The number of hydrogen-bond acceptors (Lipinski definition) is 3. The van der Waals surface area contributed by atoms with Gasteiger partial charge < -0.3 is 15.8 Å². The van der Waals surface area contributed by atoms with E-state index in [1.165, 1.54) is 11.1 Å². The lowest BCUT2D eigenvalue weighted by atomic mass is 10.1. The molecule has 0 aliphatic heterocycles. The molecule has 3 nitrogen and oxygen atoms in total. The molecule has 130 valence electrons. The molecule has 2 aromatic carbocycles. The molecule has 0 saturated heterocycles. The highest BCUT2D eigenvalue weighted by Crippen LogP contribution is 2.24. The summed E-state index contributed by atoms with van der Waals surface area (Å²) < 4.78 is 5.85. The molecule has 0 heterocycles. The first-order valence-corrected chi connectivity index (χ1v) is 8.65. The van der Waals surface area contributed by atoms with Crippen molar-refractivity contribution < 1.29 is 4.74 Å². The van der Waals surface area contributed by atoms with E-state index in [2.05, 4.69) is 63.3 Å². The summed E-state index contributed by atoms with van der Waals surface area (Å²) in [7, 11) is 0. The molecule has 0 aliphatic carbocycles. The second kappa shape index (κ2) is 8.20. The highest BCUT2D eigenvalue weighted by molar-refractivity contribution is 5.54. The predicted molar refractivity (Wildman–Crippen MR) is 102 cm³/mol. The summed E-state index contributed by atoms with van der Waals surface area (Å²) in [5.74, 6) is 0.757. The molecule has 3 heteroatoms. The molecular formula is C21H30N2O. The zero-order valence-electron chi connectivity index (χ0n) is 15.4. The van der Waals surface area contributed by atoms with Gasteiger partial charge in [-0.3, -0.25) is 0 Å². The molecule has 2 rings (SSSR count). The maximum Gasteiger partial charge on any atom is 0.142 e. The summed E-state index contributed by atoms with van der Waals surface area (Å²) in [6, 6.07) is 14.5. The molecule has 0 fully saturated rings. The Morgan fingerprint density at radius 3 is 2.29 bits per heavy atom. The fourth-order valence-corrected chi connectivity index (χ4v) is 2.49. The van der Waals surface area contributed by atoms with Gasteiger partial charge in [-0.15, -0.1) is 0 Å². The third-order valence-corrected chi connectivity index (χ3v) is 3.89. The summed E-state index contributed by atoms with van der Waals surface area (Å²) >= 11 is 0. The number of benzene rings is 2.